The molecule has 1 unspecified atom stereocenters. The van der Waals surface area contributed by atoms with Gasteiger partial charge >= 0.3 is 0 Å². The Morgan fingerprint density at radius 2 is 1.52 bits per heavy atom. The molecule has 0 radical (unpaired) electrons. The third kappa shape index (κ3) is 3.93. The molecular formula is C19H23NO. The Labute approximate surface area is 127 Å². The van der Waals surface area contributed by atoms with Gasteiger partial charge in [0.15, 0.2) is 0 Å². The fraction of sp³-hybridized carbons (Fsp3) is 0.368. The van der Waals surface area contributed by atoms with E-state index in [0.29, 0.717) is 0 Å². The zero-order valence-corrected chi connectivity index (χ0v) is 12.4. The van der Waals surface area contributed by atoms with Crippen LogP contribution in [0.5, 0.6) is 0 Å². The van der Waals surface area contributed by atoms with Crippen LogP contribution >= 0.6 is 0 Å². The SMILES string of the molecule is OC1(CCc2ccccc2)CCN(Cc2ccccc2)C1. The molecule has 0 amide bonds. The van der Waals surface area contributed by atoms with Crippen LogP contribution in [-0.4, -0.2) is 28.7 Å². The first kappa shape index (κ1) is 14.3. The quantitative estimate of drug-likeness (QED) is 0.909. The maximum atomic E-state index is 10.8. The number of nitrogens with zero attached hydrogens (tertiary/aromatic N) is 1. The number of likely N-dealkylation sites (tertiary alicyclic amines) is 1. The van der Waals surface area contributed by atoms with Crippen molar-refractivity contribution in [2.75, 3.05) is 13.1 Å². The molecule has 0 saturated carbocycles. The summed E-state index contributed by atoms with van der Waals surface area (Å²) in [5.41, 5.74) is 2.11. The molecule has 2 nitrogen and oxygen atoms in total. The minimum atomic E-state index is -0.523. The van der Waals surface area contributed by atoms with Gasteiger partial charge in [0.05, 0.1) is 5.60 Å². The van der Waals surface area contributed by atoms with Gasteiger partial charge in [0.25, 0.3) is 0 Å². The van der Waals surface area contributed by atoms with Crippen molar-refractivity contribution in [3.8, 4) is 0 Å². The largest absolute Gasteiger partial charge is 0.388 e. The summed E-state index contributed by atoms with van der Waals surface area (Å²) in [5, 5.41) is 10.8. The zero-order valence-electron chi connectivity index (χ0n) is 12.4. The Balaban J connectivity index is 1.53. The minimum absolute atomic E-state index is 0.523. The first-order chi connectivity index (χ1) is 10.2. The maximum Gasteiger partial charge on any atom is 0.0789 e. The Morgan fingerprint density at radius 1 is 0.905 bits per heavy atom. The third-order valence-electron chi connectivity index (χ3n) is 4.38. The van der Waals surface area contributed by atoms with E-state index in [1.165, 1.54) is 11.1 Å². The highest BCUT2D eigenvalue weighted by Crippen LogP contribution is 2.27. The summed E-state index contributed by atoms with van der Waals surface area (Å²) in [6.45, 7) is 2.71. The van der Waals surface area contributed by atoms with Crippen LogP contribution in [0.3, 0.4) is 0 Å². The molecular weight excluding hydrogens is 258 g/mol. The lowest BCUT2D eigenvalue weighted by molar-refractivity contribution is 0.0401. The van der Waals surface area contributed by atoms with Crippen LogP contribution in [0.15, 0.2) is 60.7 Å². The van der Waals surface area contributed by atoms with E-state index in [9.17, 15) is 5.11 Å². The molecule has 1 saturated heterocycles. The summed E-state index contributed by atoms with van der Waals surface area (Å²) >= 11 is 0. The third-order valence-corrected chi connectivity index (χ3v) is 4.38. The molecule has 110 valence electrons. The number of hydrogen-bond donors (Lipinski definition) is 1. The highest BCUT2D eigenvalue weighted by atomic mass is 16.3. The van der Waals surface area contributed by atoms with Gasteiger partial charge in [0.2, 0.25) is 0 Å². The van der Waals surface area contributed by atoms with Crippen LogP contribution in [0.25, 0.3) is 0 Å². The van der Waals surface area contributed by atoms with Crippen LogP contribution < -0.4 is 0 Å². The van der Waals surface area contributed by atoms with Crippen molar-refractivity contribution in [2.45, 2.75) is 31.4 Å². The standard InChI is InChI=1S/C19H23NO/c21-19(12-11-17-7-3-1-4-8-17)13-14-20(16-19)15-18-9-5-2-6-10-18/h1-10,21H,11-16H2. The molecule has 0 bridgehead atoms. The van der Waals surface area contributed by atoms with Gasteiger partial charge in [0, 0.05) is 19.6 Å². The molecule has 1 aliphatic heterocycles. The number of benzene rings is 2. The van der Waals surface area contributed by atoms with Gasteiger partial charge in [-0.2, -0.15) is 0 Å². The van der Waals surface area contributed by atoms with Gasteiger partial charge < -0.3 is 5.11 Å². The summed E-state index contributed by atoms with van der Waals surface area (Å²) < 4.78 is 0. The van der Waals surface area contributed by atoms with Crippen LogP contribution in [-0.2, 0) is 13.0 Å². The zero-order chi connectivity index (χ0) is 14.5. The van der Waals surface area contributed by atoms with E-state index in [1.54, 1.807) is 0 Å². The van der Waals surface area contributed by atoms with Gasteiger partial charge in [0.1, 0.15) is 0 Å². The summed E-state index contributed by atoms with van der Waals surface area (Å²) in [6, 6.07) is 21.0. The second-order valence-electron chi connectivity index (χ2n) is 6.16. The average Bonchev–Trinajstić information content (AvgIpc) is 2.89. The Kier molecular flexibility index (Phi) is 4.37. The van der Waals surface area contributed by atoms with Crippen molar-refractivity contribution in [2.24, 2.45) is 0 Å². The predicted octanol–water partition coefficient (Wildman–Crippen LogP) is 3.26. The number of β-amino-alcohol motifs (C(OH)–C–C–N with tert-alkyl or cyclic N) is 1. The fourth-order valence-corrected chi connectivity index (χ4v) is 3.14. The molecule has 2 heteroatoms. The summed E-state index contributed by atoms with van der Waals surface area (Å²) in [7, 11) is 0. The van der Waals surface area contributed by atoms with E-state index >= 15 is 0 Å². The molecule has 3 rings (SSSR count). The van der Waals surface area contributed by atoms with Crippen molar-refractivity contribution in [1.82, 2.24) is 4.90 Å². The van der Waals surface area contributed by atoms with E-state index in [0.717, 1.165) is 38.9 Å². The molecule has 2 aromatic carbocycles. The molecule has 2 aromatic rings. The first-order valence-electron chi connectivity index (χ1n) is 7.76. The lowest BCUT2D eigenvalue weighted by Gasteiger charge is -2.23. The second kappa shape index (κ2) is 6.42. The van der Waals surface area contributed by atoms with E-state index in [4.69, 9.17) is 0 Å². The molecule has 0 spiro atoms. The van der Waals surface area contributed by atoms with Crippen LogP contribution in [0, 0.1) is 0 Å². The molecule has 1 heterocycles. The number of hydrogen-bond acceptors (Lipinski definition) is 2. The van der Waals surface area contributed by atoms with Crippen LogP contribution in [0.1, 0.15) is 24.0 Å². The summed E-state index contributed by atoms with van der Waals surface area (Å²) in [5.74, 6) is 0. The molecule has 21 heavy (non-hydrogen) atoms. The van der Waals surface area contributed by atoms with E-state index in [2.05, 4.69) is 53.4 Å². The molecule has 0 aliphatic carbocycles. The second-order valence-corrected chi connectivity index (χ2v) is 6.16. The monoisotopic (exact) mass is 281 g/mol. The highest BCUT2D eigenvalue weighted by molar-refractivity contribution is 5.16. The molecule has 1 aliphatic rings. The lowest BCUT2D eigenvalue weighted by Crippen LogP contribution is -2.33. The molecule has 0 aromatic heterocycles. The van der Waals surface area contributed by atoms with Crippen molar-refractivity contribution in [3.63, 3.8) is 0 Å². The summed E-state index contributed by atoms with van der Waals surface area (Å²) in [6.07, 6.45) is 2.69. The van der Waals surface area contributed by atoms with Crippen LogP contribution in [0.4, 0.5) is 0 Å². The highest BCUT2D eigenvalue weighted by Gasteiger charge is 2.35. The van der Waals surface area contributed by atoms with Crippen LogP contribution in [0.2, 0.25) is 0 Å². The smallest absolute Gasteiger partial charge is 0.0789 e. The van der Waals surface area contributed by atoms with Gasteiger partial charge in [-0.15, -0.1) is 0 Å². The normalized spacial score (nSPS) is 22.5. The summed E-state index contributed by atoms with van der Waals surface area (Å²) in [4.78, 5) is 2.36. The number of aryl methyl sites for hydroxylation is 1. The Morgan fingerprint density at radius 3 is 2.19 bits per heavy atom. The average molecular weight is 281 g/mol. The number of aliphatic hydroxyl groups is 1. The van der Waals surface area contributed by atoms with Crippen molar-refractivity contribution in [3.05, 3.63) is 71.8 Å². The van der Waals surface area contributed by atoms with Crippen molar-refractivity contribution in [1.29, 1.82) is 0 Å². The fourth-order valence-electron chi connectivity index (χ4n) is 3.14. The first-order valence-corrected chi connectivity index (χ1v) is 7.76. The number of rotatable bonds is 5. The predicted molar refractivity (Wildman–Crippen MR) is 86.0 cm³/mol. The maximum absolute atomic E-state index is 10.8. The molecule has 1 atom stereocenters. The molecule has 1 fully saturated rings. The lowest BCUT2D eigenvalue weighted by atomic mass is 9.94. The van der Waals surface area contributed by atoms with Gasteiger partial charge in [-0.1, -0.05) is 60.7 Å². The minimum Gasteiger partial charge on any atom is -0.388 e. The van der Waals surface area contributed by atoms with Crippen molar-refractivity contribution < 1.29 is 5.11 Å². The van der Waals surface area contributed by atoms with Gasteiger partial charge in [-0.05, 0) is 30.4 Å². The van der Waals surface area contributed by atoms with Gasteiger partial charge in [-0.3, -0.25) is 4.90 Å². The van der Waals surface area contributed by atoms with Gasteiger partial charge in [-0.25, -0.2) is 0 Å². The van der Waals surface area contributed by atoms with E-state index < -0.39 is 5.60 Å². The Bertz CT molecular complexity index is 554. The topological polar surface area (TPSA) is 23.5 Å². The van der Waals surface area contributed by atoms with Crippen molar-refractivity contribution >= 4 is 0 Å². The molecule has 1 N–H and O–H groups in total. The van der Waals surface area contributed by atoms with E-state index in [1.807, 2.05) is 12.1 Å². The van der Waals surface area contributed by atoms with E-state index in [-0.39, 0.29) is 0 Å². The Hall–Kier alpha value is -1.64.